The van der Waals surface area contributed by atoms with Crippen LogP contribution in [0.15, 0.2) is 54.2 Å². The summed E-state index contributed by atoms with van der Waals surface area (Å²) in [6, 6.07) is 15.0. The average molecular weight is 280 g/mol. The molecule has 1 spiro atoms. The number of nitro groups is 1. The predicted molar refractivity (Wildman–Crippen MR) is 78.5 cm³/mol. The lowest BCUT2D eigenvalue weighted by Crippen LogP contribution is -2.48. The maximum absolute atomic E-state index is 11.5. The van der Waals surface area contributed by atoms with Crippen LogP contribution in [0.25, 0.3) is 6.08 Å². The third kappa shape index (κ3) is 1.71. The van der Waals surface area contributed by atoms with Gasteiger partial charge in [0.1, 0.15) is 5.75 Å². The number of para-hydroxylation sites is 2. The van der Waals surface area contributed by atoms with Gasteiger partial charge in [0.25, 0.3) is 5.72 Å². The average Bonchev–Trinajstić information content (AvgIpc) is 2.84. The molecule has 1 atom stereocenters. The van der Waals surface area contributed by atoms with E-state index >= 15 is 0 Å². The SMILES string of the molecule is O=[N+]([O-])C1=Cc2ccccc2OC12Cc1ccccc1N2. The van der Waals surface area contributed by atoms with Gasteiger partial charge in [-0.1, -0.05) is 36.4 Å². The topological polar surface area (TPSA) is 64.4 Å². The Bertz CT molecular complexity index is 758. The van der Waals surface area contributed by atoms with Crippen LogP contribution in [0.1, 0.15) is 11.1 Å². The summed E-state index contributed by atoms with van der Waals surface area (Å²) in [7, 11) is 0. The highest BCUT2D eigenvalue weighted by Gasteiger charge is 2.51. The molecule has 0 radical (unpaired) electrons. The number of rotatable bonds is 1. The van der Waals surface area contributed by atoms with E-state index in [1.165, 1.54) is 0 Å². The first-order chi connectivity index (χ1) is 10.2. The molecule has 2 heterocycles. The molecule has 5 nitrogen and oxygen atoms in total. The second-order valence-corrected chi connectivity index (χ2v) is 5.21. The van der Waals surface area contributed by atoms with E-state index < -0.39 is 5.72 Å². The Kier molecular flexibility index (Phi) is 2.33. The van der Waals surface area contributed by atoms with Crippen LogP contribution in [0.5, 0.6) is 5.75 Å². The molecule has 0 amide bonds. The summed E-state index contributed by atoms with van der Waals surface area (Å²) in [5, 5.41) is 14.7. The van der Waals surface area contributed by atoms with Crippen molar-refractivity contribution in [1.29, 1.82) is 0 Å². The normalized spacial score (nSPS) is 21.8. The third-order valence-electron chi connectivity index (χ3n) is 3.90. The Hall–Kier alpha value is -2.82. The maximum Gasteiger partial charge on any atom is 0.311 e. The Morgan fingerprint density at radius 3 is 2.71 bits per heavy atom. The van der Waals surface area contributed by atoms with Crippen LogP contribution in [-0.4, -0.2) is 10.6 Å². The number of anilines is 1. The second kappa shape index (κ2) is 4.09. The first-order valence-electron chi connectivity index (χ1n) is 6.69. The van der Waals surface area contributed by atoms with Gasteiger partial charge in [-0.3, -0.25) is 10.1 Å². The number of nitrogens with zero attached hydrogens (tertiary/aromatic N) is 1. The van der Waals surface area contributed by atoms with Gasteiger partial charge in [0.15, 0.2) is 0 Å². The van der Waals surface area contributed by atoms with E-state index in [0.717, 1.165) is 16.8 Å². The van der Waals surface area contributed by atoms with Crippen LogP contribution in [-0.2, 0) is 6.42 Å². The highest BCUT2D eigenvalue weighted by Crippen LogP contribution is 2.43. The summed E-state index contributed by atoms with van der Waals surface area (Å²) in [5.41, 5.74) is 1.54. The molecular formula is C16H12N2O3. The molecule has 104 valence electrons. The van der Waals surface area contributed by atoms with Crippen LogP contribution in [0.4, 0.5) is 5.69 Å². The van der Waals surface area contributed by atoms with Crippen LogP contribution in [0.3, 0.4) is 0 Å². The number of fused-ring (bicyclic) bond motifs is 2. The van der Waals surface area contributed by atoms with Crippen LogP contribution in [0, 0.1) is 10.1 Å². The molecule has 1 unspecified atom stereocenters. The summed E-state index contributed by atoms with van der Waals surface area (Å²) in [6.07, 6.45) is 2.03. The van der Waals surface area contributed by atoms with E-state index in [0.29, 0.717) is 12.2 Å². The maximum atomic E-state index is 11.5. The number of benzene rings is 2. The molecule has 2 aromatic carbocycles. The number of hydrogen-bond donors (Lipinski definition) is 1. The number of ether oxygens (including phenoxy) is 1. The minimum absolute atomic E-state index is 0.0393. The molecule has 0 fully saturated rings. The zero-order valence-electron chi connectivity index (χ0n) is 11.1. The predicted octanol–water partition coefficient (Wildman–Crippen LogP) is 3.06. The van der Waals surface area contributed by atoms with Crippen molar-refractivity contribution in [2.24, 2.45) is 0 Å². The van der Waals surface area contributed by atoms with Gasteiger partial charge >= 0.3 is 5.70 Å². The summed E-state index contributed by atoms with van der Waals surface area (Å²) in [6.45, 7) is 0. The van der Waals surface area contributed by atoms with Crippen molar-refractivity contribution in [2.75, 3.05) is 5.32 Å². The quantitative estimate of drug-likeness (QED) is 0.644. The molecule has 1 N–H and O–H groups in total. The van der Waals surface area contributed by atoms with Gasteiger partial charge in [0.2, 0.25) is 0 Å². The van der Waals surface area contributed by atoms with E-state index in [-0.39, 0.29) is 10.6 Å². The lowest BCUT2D eigenvalue weighted by Gasteiger charge is -2.31. The lowest BCUT2D eigenvalue weighted by atomic mass is 9.98. The van der Waals surface area contributed by atoms with Gasteiger partial charge in [-0.15, -0.1) is 0 Å². The number of nitrogens with one attached hydrogen (secondary N) is 1. The van der Waals surface area contributed by atoms with Gasteiger partial charge in [-0.25, -0.2) is 0 Å². The van der Waals surface area contributed by atoms with Crippen LogP contribution >= 0.6 is 0 Å². The monoisotopic (exact) mass is 280 g/mol. The van der Waals surface area contributed by atoms with Gasteiger partial charge in [-0.05, 0) is 17.7 Å². The van der Waals surface area contributed by atoms with Crippen molar-refractivity contribution in [3.8, 4) is 5.75 Å². The van der Waals surface area contributed by atoms with Crippen molar-refractivity contribution in [3.63, 3.8) is 0 Å². The lowest BCUT2D eigenvalue weighted by molar-refractivity contribution is -0.439. The molecule has 4 rings (SSSR count). The molecule has 0 aromatic heterocycles. The fourth-order valence-corrected chi connectivity index (χ4v) is 2.94. The molecule has 21 heavy (non-hydrogen) atoms. The molecule has 0 saturated heterocycles. The molecule has 0 bridgehead atoms. The zero-order chi connectivity index (χ0) is 14.4. The Labute approximate surface area is 121 Å². The molecule has 0 saturated carbocycles. The van der Waals surface area contributed by atoms with Crippen molar-refractivity contribution in [2.45, 2.75) is 12.1 Å². The highest BCUT2D eigenvalue weighted by molar-refractivity contribution is 5.68. The fourth-order valence-electron chi connectivity index (χ4n) is 2.94. The van der Waals surface area contributed by atoms with E-state index in [1.54, 1.807) is 6.08 Å². The highest BCUT2D eigenvalue weighted by atomic mass is 16.6. The molecular weight excluding hydrogens is 268 g/mol. The van der Waals surface area contributed by atoms with Gasteiger partial charge in [0.05, 0.1) is 4.92 Å². The van der Waals surface area contributed by atoms with E-state index in [9.17, 15) is 10.1 Å². The smallest absolute Gasteiger partial charge is 0.311 e. The first-order valence-corrected chi connectivity index (χ1v) is 6.69. The Morgan fingerprint density at radius 1 is 1.14 bits per heavy atom. The van der Waals surface area contributed by atoms with Crippen LogP contribution < -0.4 is 10.1 Å². The summed E-state index contributed by atoms with van der Waals surface area (Å²) >= 11 is 0. The van der Waals surface area contributed by atoms with E-state index in [1.807, 2.05) is 48.5 Å². The Balaban J connectivity index is 1.86. The van der Waals surface area contributed by atoms with E-state index in [2.05, 4.69) is 5.32 Å². The van der Waals surface area contributed by atoms with Gasteiger partial charge < -0.3 is 10.1 Å². The standard InChI is InChI=1S/C16H12N2O3/c19-18(20)15-9-11-5-2-4-8-14(11)21-16(15)10-12-6-1-3-7-13(12)17-16/h1-9,17H,10H2. The molecule has 2 aliphatic rings. The Morgan fingerprint density at radius 2 is 1.90 bits per heavy atom. The van der Waals surface area contributed by atoms with Crippen molar-refractivity contribution in [1.82, 2.24) is 0 Å². The van der Waals surface area contributed by atoms with Crippen LogP contribution in [0.2, 0.25) is 0 Å². The zero-order valence-corrected chi connectivity index (χ0v) is 11.1. The second-order valence-electron chi connectivity index (χ2n) is 5.21. The molecule has 2 aromatic rings. The number of hydrogen-bond acceptors (Lipinski definition) is 4. The first kappa shape index (κ1) is 12.0. The summed E-state index contributed by atoms with van der Waals surface area (Å²) < 4.78 is 6.02. The summed E-state index contributed by atoms with van der Waals surface area (Å²) in [4.78, 5) is 11.1. The van der Waals surface area contributed by atoms with E-state index in [4.69, 9.17) is 4.74 Å². The molecule has 5 heteroatoms. The minimum Gasteiger partial charge on any atom is -0.456 e. The third-order valence-corrected chi connectivity index (χ3v) is 3.90. The van der Waals surface area contributed by atoms with Gasteiger partial charge in [0, 0.05) is 23.7 Å². The fraction of sp³-hybridized carbons (Fsp3) is 0.125. The van der Waals surface area contributed by atoms with Crippen molar-refractivity contribution < 1.29 is 9.66 Å². The molecule has 2 aliphatic heterocycles. The van der Waals surface area contributed by atoms with Crippen molar-refractivity contribution in [3.05, 3.63) is 75.5 Å². The minimum atomic E-state index is -1.12. The van der Waals surface area contributed by atoms with Crippen molar-refractivity contribution >= 4 is 11.8 Å². The molecule has 0 aliphatic carbocycles. The largest absolute Gasteiger partial charge is 0.456 e. The summed E-state index contributed by atoms with van der Waals surface area (Å²) in [5.74, 6) is 0.656. The van der Waals surface area contributed by atoms with Gasteiger partial charge in [-0.2, -0.15) is 0 Å².